The number of nitriles is 1. The molecule has 2 aromatic heterocycles. The Balaban J connectivity index is 2.45. The summed E-state index contributed by atoms with van der Waals surface area (Å²) in [7, 11) is 0. The van der Waals surface area contributed by atoms with Crippen LogP contribution in [0.3, 0.4) is 0 Å². The second-order valence-electron chi connectivity index (χ2n) is 2.90. The van der Waals surface area contributed by atoms with Crippen molar-refractivity contribution in [3.63, 3.8) is 0 Å². The molecule has 0 saturated heterocycles. The van der Waals surface area contributed by atoms with E-state index < -0.39 is 0 Å². The number of hydrogen-bond acceptors (Lipinski definition) is 4. The number of aromatic nitrogens is 1. The van der Waals surface area contributed by atoms with Gasteiger partial charge in [-0.05, 0) is 18.2 Å². The average Bonchev–Trinajstić information content (AvgIpc) is 2.78. The van der Waals surface area contributed by atoms with Crippen LogP contribution in [0.25, 0.3) is 10.4 Å². The fourth-order valence-corrected chi connectivity index (χ4v) is 1.99. The maximum atomic E-state index is 10.6. The molecule has 15 heavy (non-hydrogen) atoms. The van der Waals surface area contributed by atoms with Gasteiger partial charge in [-0.15, -0.1) is 11.3 Å². The van der Waals surface area contributed by atoms with Crippen LogP contribution in [0.2, 0.25) is 0 Å². The molecule has 3 nitrogen and oxygen atoms in total. The minimum absolute atomic E-state index is 0.541. The summed E-state index contributed by atoms with van der Waals surface area (Å²) >= 11 is 1.39. The molecule has 0 N–H and O–H groups in total. The van der Waals surface area contributed by atoms with Crippen LogP contribution in [0.4, 0.5) is 0 Å². The number of aldehydes is 1. The van der Waals surface area contributed by atoms with Gasteiger partial charge in [0.15, 0.2) is 6.29 Å². The minimum atomic E-state index is 0.541. The van der Waals surface area contributed by atoms with Crippen molar-refractivity contribution in [2.45, 2.75) is 0 Å². The second-order valence-corrected chi connectivity index (χ2v) is 3.98. The van der Waals surface area contributed by atoms with E-state index in [9.17, 15) is 4.79 Å². The fourth-order valence-electron chi connectivity index (χ4n) is 1.21. The number of carbonyl (C=O) groups is 1. The van der Waals surface area contributed by atoms with Crippen LogP contribution in [0.5, 0.6) is 0 Å². The Hall–Kier alpha value is -1.99. The highest BCUT2D eigenvalue weighted by Gasteiger charge is 2.03. The van der Waals surface area contributed by atoms with Crippen molar-refractivity contribution in [2.24, 2.45) is 0 Å². The monoisotopic (exact) mass is 214 g/mol. The number of carbonyl (C=O) groups excluding carboxylic acids is 1. The predicted octanol–water partition coefficient (Wildman–Crippen LogP) is 2.49. The van der Waals surface area contributed by atoms with Gasteiger partial charge in [-0.25, -0.2) is 0 Å². The molecule has 0 unspecified atom stereocenters. The second kappa shape index (κ2) is 4.03. The van der Waals surface area contributed by atoms with E-state index in [1.807, 2.05) is 6.07 Å². The van der Waals surface area contributed by atoms with Gasteiger partial charge >= 0.3 is 0 Å². The molecule has 4 heteroatoms. The first kappa shape index (κ1) is 9.56. The molecule has 0 saturated carbocycles. The van der Waals surface area contributed by atoms with E-state index in [1.165, 1.54) is 17.5 Å². The molecule has 0 aliphatic rings. The number of nitrogens with zero attached hydrogens (tertiary/aromatic N) is 2. The Labute approximate surface area is 90.6 Å². The minimum Gasteiger partial charge on any atom is -0.298 e. The topological polar surface area (TPSA) is 53.8 Å². The van der Waals surface area contributed by atoms with E-state index in [0.29, 0.717) is 10.4 Å². The Morgan fingerprint density at radius 1 is 1.40 bits per heavy atom. The van der Waals surface area contributed by atoms with Gasteiger partial charge in [-0.1, -0.05) is 0 Å². The molecular weight excluding hydrogens is 208 g/mol. The van der Waals surface area contributed by atoms with Gasteiger partial charge in [0.05, 0.1) is 0 Å². The van der Waals surface area contributed by atoms with E-state index in [0.717, 1.165) is 16.7 Å². The highest BCUT2D eigenvalue weighted by molar-refractivity contribution is 7.16. The molecule has 0 spiro atoms. The van der Waals surface area contributed by atoms with Gasteiger partial charge in [0, 0.05) is 28.4 Å². The summed E-state index contributed by atoms with van der Waals surface area (Å²) < 4.78 is 0. The fraction of sp³-hybridized carbons (Fsp3) is 0. The summed E-state index contributed by atoms with van der Waals surface area (Å²) in [6.07, 6.45) is 3.95. The van der Waals surface area contributed by atoms with Crippen molar-refractivity contribution < 1.29 is 4.79 Å². The summed E-state index contributed by atoms with van der Waals surface area (Å²) in [6.45, 7) is 0. The van der Waals surface area contributed by atoms with Crippen LogP contribution in [-0.4, -0.2) is 11.3 Å². The third-order valence-corrected chi connectivity index (χ3v) is 2.94. The molecule has 0 radical (unpaired) electrons. The maximum absolute atomic E-state index is 10.6. The SMILES string of the molecule is N#Cc1ccc(-c2cncc(C=O)c2)s1. The Morgan fingerprint density at radius 3 is 2.93 bits per heavy atom. The van der Waals surface area contributed by atoms with Crippen LogP contribution in [0.1, 0.15) is 15.2 Å². The quantitative estimate of drug-likeness (QED) is 0.722. The van der Waals surface area contributed by atoms with Crippen molar-refractivity contribution in [1.82, 2.24) is 4.98 Å². The third kappa shape index (κ3) is 1.92. The van der Waals surface area contributed by atoms with E-state index in [-0.39, 0.29) is 0 Å². The lowest BCUT2D eigenvalue weighted by Gasteiger charge is -1.96. The number of rotatable bonds is 2. The summed E-state index contributed by atoms with van der Waals surface area (Å²) in [5.41, 5.74) is 1.41. The molecule has 0 atom stereocenters. The first-order chi connectivity index (χ1) is 7.33. The Kier molecular flexibility index (Phi) is 2.57. The molecule has 0 aliphatic carbocycles. The smallest absolute Gasteiger partial charge is 0.151 e. The summed E-state index contributed by atoms with van der Waals surface area (Å²) in [5.74, 6) is 0. The standard InChI is InChI=1S/C11H6N2OS/c12-4-10-1-2-11(15-10)9-3-8(7-14)5-13-6-9/h1-3,5-7H. The molecule has 0 bridgehead atoms. The third-order valence-electron chi connectivity index (χ3n) is 1.90. The molecule has 0 aromatic carbocycles. The normalized spacial score (nSPS) is 9.53. The Morgan fingerprint density at radius 2 is 2.27 bits per heavy atom. The number of thiophene rings is 1. The number of pyridine rings is 1. The van der Waals surface area contributed by atoms with Crippen molar-refractivity contribution in [2.75, 3.05) is 0 Å². The zero-order valence-corrected chi connectivity index (χ0v) is 8.49. The zero-order valence-electron chi connectivity index (χ0n) is 7.68. The lowest BCUT2D eigenvalue weighted by atomic mass is 10.2. The highest BCUT2D eigenvalue weighted by Crippen LogP contribution is 2.27. The van der Waals surface area contributed by atoms with E-state index in [2.05, 4.69) is 11.1 Å². The van der Waals surface area contributed by atoms with Crippen LogP contribution < -0.4 is 0 Å². The van der Waals surface area contributed by atoms with E-state index >= 15 is 0 Å². The summed E-state index contributed by atoms with van der Waals surface area (Å²) in [6, 6.07) is 7.44. The molecular formula is C11H6N2OS. The molecule has 0 fully saturated rings. The van der Waals surface area contributed by atoms with E-state index in [4.69, 9.17) is 5.26 Å². The van der Waals surface area contributed by atoms with Crippen LogP contribution in [0, 0.1) is 11.3 Å². The maximum Gasteiger partial charge on any atom is 0.151 e. The largest absolute Gasteiger partial charge is 0.298 e. The average molecular weight is 214 g/mol. The Bertz CT molecular complexity index is 540. The van der Waals surface area contributed by atoms with Gasteiger partial charge in [0.2, 0.25) is 0 Å². The first-order valence-electron chi connectivity index (χ1n) is 4.24. The van der Waals surface area contributed by atoms with Crippen LogP contribution in [-0.2, 0) is 0 Å². The van der Waals surface area contributed by atoms with Gasteiger partial charge in [-0.2, -0.15) is 5.26 Å². The molecule has 0 aliphatic heterocycles. The lowest BCUT2D eigenvalue weighted by molar-refractivity contribution is 0.112. The summed E-state index contributed by atoms with van der Waals surface area (Å²) in [5, 5.41) is 8.69. The molecule has 72 valence electrons. The summed E-state index contributed by atoms with van der Waals surface area (Å²) in [4.78, 5) is 16.1. The molecule has 2 heterocycles. The van der Waals surface area contributed by atoms with Crippen molar-refractivity contribution in [3.8, 4) is 16.5 Å². The molecule has 0 amide bonds. The van der Waals surface area contributed by atoms with Crippen LogP contribution >= 0.6 is 11.3 Å². The highest BCUT2D eigenvalue weighted by atomic mass is 32.1. The molecule has 2 aromatic rings. The van der Waals surface area contributed by atoms with Crippen molar-refractivity contribution in [3.05, 3.63) is 41.0 Å². The van der Waals surface area contributed by atoms with Gasteiger partial charge in [-0.3, -0.25) is 9.78 Å². The number of hydrogen-bond donors (Lipinski definition) is 0. The molecule has 2 rings (SSSR count). The van der Waals surface area contributed by atoms with Gasteiger partial charge < -0.3 is 0 Å². The van der Waals surface area contributed by atoms with Crippen molar-refractivity contribution in [1.29, 1.82) is 5.26 Å². The first-order valence-corrected chi connectivity index (χ1v) is 5.05. The van der Waals surface area contributed by atoms with Gasteiger partial charge in [0.25, 0.3) is 0 Å². The van der Waals surface area contributed by atoms with Gasteiger partial charge in [0.1, 0.15) is 10.9 Å². The predicted molar refractivity (Wildman–Crippen MR) is 57.7 cm³/mol. The van der Waals surface area contributed by atoms with Crippen molar-refractivity contribution >= 4 is 17.6 Å². The zero-order chi connectivity index (χ0) is 10.7. The lowest BCUT2D eigenvalue weighted by Crippen LogP contribution is -1.83. The van der Waals surface area contributed by atoms with Crippen LogP contribution in [0.15, 0.2) is 30.6 Å². The van der Waals surface area contributed by atoms with E-state index in [1.54, 1.807) is 18.3 Å².